The molecule has 0 aliphatic heterocycles. The van der Waals surface area contributed by atoms with Crippen LogP contribution >= 0.6 is 0 Å². The molecule has 0 unspecified atom stereocenters. The molecule has 0 aliphatic carbocycles. The van der Waals surface area contributed by atoms with Gasteiger partial charge >= 0.3 is 6.18 Å². The number of benzene rings is 2. The third kappa shape index (κ3) is 4.56. The third-order valence-electron chi connectivity index (χ3n) is 3.38. The van der Waals surface area contributed by atoms with Gasteiger partial charge in [-0.3, -0.25) is 0 Å². The van der Waals surface area contributed by atoms with Gasteiger partial charge < -0.3 is 0 Å². The highest BCUT2D eigenvalue weighted by atomic mass is 32.2. The van der Waals surface area contributed by atoms with Crippen LogP contribution in [0.2, 0.25) is 0 Å². The van der Waals surface area contributed by atoms with E-state index in [0.29, 0.717) is 5.56 Å². The second kappa shape index (κ2) is 6.72. The average Bonchev–Trinajstić information content (AvgIpc) is 2.47. The van der Waals surface area contributed by atoms with Crippen LogP contribution in [0.4, 0.5) is 13.2 Å². The van der Waals surface area contributed by atoms with Gasteiger partial charge in [0.05, 0.1) is 11.3 Å². The first-order chi connectivity index (χ1) is 10.7. The fourth-order valence-corrected chi connectivity index (χ4v) is 3.34. The van der Waals surface area contributed by atoms with Gasteiger partial charge in [0.2, 0.25) is 10.0 Å². The zero-order valence-electron chi connectivity index (χ0n) is 12.4. The molecular weight excluding hydrogens is 327 g/mol. The van der Waals surface area contributed by atoms with Crippen molar-refractivity contribution in [2.75, 3.05) is 7.05 Å². The third-order valence-corrected chi connectivity index (χ3v) is 5.16. The zero-order chi connectivity index (χ0) is 17.1. The van der Waals surface area contributed by atoms with Crippen molar-refractivity contribution in [3.63, 3.8) is 0 Å². The van der Waals surface area contributed by atoms with E-state index in [0.717, 1.165) is 10.4 Å². The van der Waals surface area contributed by atoms with E-state index >= 15 is 0 Å². The zero-order valence-corrected chi connectivity index (χ0v) is 13.2. The lowest BCUT2D eigenvalue weighted by Gasteiger charge is -2.20. The number of sulfonamides is 1. The standard InChI is InChI=1S/C16H16F3NO2S/c1-20(23(21,22)12-13-7-3-2-4-8-13)11-14-9-5-6-10-15(14)16(17,18)19/h2-10H,11-12H2,1H3. The Labute approximate surface area is 133 Å². The van der Waals surface area contributed by atoms with Crippen LogP contribution in [0.3, 0.4) is 0 Å². The molecule has 7 heteroatoms. The van der Waals surface area contributed by atoms with E-state index in [4.69, 9.17) is 0 Å². The monoisotopic (exact) mass is 343 g/mol. The van der Waals surface area contributed by atoms with Crippen LogP contribution in [0.1, 0.15) is 16.7 Å². The number of hydrogen-bond acceptors (Lipinski definition) is 2. The minimum absolute atomic E-state index is 0.0702. The normalized spacial score (nSPS) is 12.6. The topological polar surface area (TPSA) is 37.4 Å². The molecule has 2 aromatic rings. The van der Waals surface area contributed by atoms with Crippen LogP contribution in [0.5, 0.6) is 0 Å². The summed E-state index contributed by atoms with van der Waals surface area (Å²) >= 11 is 0. The highest BCUT2D eigenvalue weighted by Gasteiger charge is 2.33. The molecule has 0 atom stereocenters. The molecule has 0 saturated heterocycles. The predicted octanol–water partition coefficient (Wildman–Crippen LogP) is 3.67. The van der Waals surface area contributed by atoms with Gasteiger partial charge in [0.25, 0.3) is 0 Å². The van der Waals surface area contributed by atoms with Crippen LogP contribution in [-0.4, -0.2) is 19.8 Å². The number of rotatable bonds is 5. The Morgan fingerprint density at radius 3 is 2.13 bits per heavy atom. The van der Waals surface area contributed by atoms with E-state index in [1.54, 1.807) is 30.3 Å². The average molecular weight is 343 g/mol. The van der Waals surface area contributed by atoms with Gasteiger partial charge in [-0.2, -0.15) is 13.2 Å². The summed E-state index contributed by atoms with van der Waals surface area (Å²) < 4.78 is 64.5. The molecule has 0 fully saturated rings. The fraction of sp³-hybridized carbons (Fsp3) is 0.250. The molecule has 124 valence electrons. The molecule has 0 radical (unpaired) electrons. The van der Waals surface area contributed by atoms with Crippen molar-refractivity contribution in [1.29, 1.82) is 0 Å². The molecule has 0 aliphatic rings. The number of alkyl halides is 3. The molecule has 23 heavy (non-hydrogen) atoms. The van der Waals surface area contributed by atoms with E-state index in [2.05, 4.69) is 0 Å². The Hall–Kier alpha value is -1.86. The van der Waals surface area contributed by atoms with Crippen LogP contribution in [0, 0.1) is 0 Å². The highest BCUT2D eigenvalue weighted by molar-refractivity contribution is 7.88. The largest absolute Gasteiger partial charge is 0.416 e. The van der Waals surface area contributed by atoms with Crippen LogP contribution in [-0.2, 0) is 28.5 Å². The number of nitrogens with zero attached hydrogens (tertiary/aromatic N) is 1. The number of hydrogen-bond donors (Lipinski definition) is 0. The molecule has 0 aromatic heterocycles. The minimum Gasteiger partial charge on any atom is -0.212 e. The minimum atomic E-state index is -4.51. The second-order valence-corrected chi connectivity index (χ2v) is 7.23. The van der Waals surface area contributed by atoms with Gasteiger partial charge in [0, 0.05) is 13.6 Å². The van der Waals surface area contributed by atoms with Gasteiger partial charge in [-0.15, -0.1) is 0 Å². The van der Waals surface area contributed by atoms with Crippen LogP contribution < -0.4 is 0 Å². The lowest BCUT2D eigenvalue weighted by molar-refractivity contribution is -0.138. The maximum absolute atomic E-state index is 13.0. The van der Waals surface area contributed by atoms with Crippen molar-refractivity contribution in [3.8, 4) is 0 Å². The number of halogens is 3. The maximum Gasteiger partial charge on any atom is 0.416 e. The molecule has 0 saturated carbocycles. The molecule has 2 aromatic carbocycles. The Balaban J connectivity index is 2.20. The van der Waals surface area contributed by atoms with Gasteiger partial charge in [-0.1, -0.05) is 48.5 Å². The van der Waals surface area contributed by atoms with Gasteiger partial charge in [-0.05, 0) is 17.2 Å². The summed E-state index contributed by atoms with van der Waals surface area (Å²) in [7, 11) is -2.42. The summed E-state index contributed by atoms with van der Waals surface area (Å²) in [6, 6.07) is 13.5. The molecule has 0 heterocycles. The van der Waals surface area contributed by atoms with Gasteiger partial charge in [-0.25, -0.2) is 12.7 Å². The Bertz CT molecular complexity index is 758. The summed E-state index contributed by atoms with van der Waals surface area (Å²) in [6.07, 6.45) is -4.51. The highest BCUT2D eigenvalue weighted by Crippen LogP contribution is 2.32. The van der Waals surface area contributed by atoms with Crippen LogP contribution in [0.15, 0.2) is 54.6 Å². The SMILES string of the molecule is CN(Cc1ccccc1C(F)(F)F)S(=O)(=O)Cc1ccccc1. The first-order valence-electron chi connectivity index (χ1n) is 6.83. The van der Waals surface area contributed by atoms with E-state index in [1.807, 2.05) is 0 Å². The van der Waals surface area contributed by atoms with Crippen molar-refractivity contribution in [3.05, 3.63) is 71.3 Å². The molecule has 0 bridgehead atoms. The summed E-state index contributed by atoms with van der Waals surface area (Å²) in [5.74, 6) is -0.251. The molecule has 0 amide bonds. The maximum atomic E-state index is 13.0. The van der Waals surface area contributed by atoms with Gasteiger partial charge in [0.15, 0.2) is 0 Å². The smallest absolute Gasteiger partial charge is 0.212 e. The summed E-state index contributed by atoms with van der Waals surface area (Å²) in [5, 5.41) is 0. The Morgan fingerprint density at radius 2 is 1.52 bits per heavy atom. The lowest BCUT2D eigenvalue weighted by atomic mass is 10.1. The summed E-state index contributed by atoms with van der Waals surface area (Å²) in [4.78, 5) is 0. The van der Waals surface area contributed by atoms with Crippen molar-refractivity contribution in [2.45, 2.75) is 18.5 Å². The lowest BCUT2D eigenvalue weighted by Crippen LogP contribution is -2.28. The molecule has 3 nitrogen and oxygen atoms in total. The van der Waals surface area contributed by atoms with Crippen LogP contribution in [0.25, 0.3) is 0 Å². The first-order valence-corrected chi connectivity index (χ1v) is 8.44. The van der Waals surface area contributed by atoms with E-state index in [9.17, 15) is 21.6 Å². The van der Waals surface area contributed by atoms with Crippen molar-refractivity contribution in [2.24, 2.45) is 0 Å². The quantitative estimate of drug-likeness (QED) is 0.831. The molecule has 0 spiro atoms. The summed E-state index contributed by atoms with van der Waals surface area (Å²) in [5.41, 5.74) is -0.302. The van der Waals surface area contributed by atoms with Crippen molar-refractivity contribution >= 4 is 10.0 Å². The van der Waals surface area contributed by atoms with Crippen molar-refractivity contribution < 1.29 is 21.6 Å². The van der Waals surface area contributed by atoms with E-state index in [1.165, 1.54) is 25.2 Å². The predicted molar refractivity (Wildman–Crippen MR) is 82.0 cm³/mol. The second-order valence-electron chi connectivity index (χ2n) is 5.15. The first kappa shape index (κ1) is 17.5. The molecule has 2 rings (SSSR count). The fourth-order valence-electron chi connectivity index (χ4n) is 2.17. The molecular formula is C16H16F3NO2S. The Morgan fingerprint density at radius 1 is 0.957 bits per heavy atom. The summed E-state index contributed by atoms with van der Waals surface area (Å²) in [6.45, 7) is -0.329. The van der Waals surface area contributed by atoms with Gasteiger partial charge in [0.1, 0.15) is 0 Å². The Kier molecular flexibility index (Phi) is 5.11. The van der Waals surface area contributed by atoms with E-state index < -0.39 is 21.8 Å². The van der Waals surface area contributed by atoms with E-state index in [-0.39, 0.29) is 17.9 Å². The molecule has 0 N–H and O–H groups in total. The van der Waals surface area contributed by atoms with Crippen molar-refractivity contribution in [1.82, 2.24) is 4.31 Å².